The number of β-amino-alcohol motifs (C(OH)–C–C–N with tert-alkyl or cyclic N) is 1. The molecule has 0 unspecified atom stereocenters. The summed E-state index contributed by atoms with van der Waals surface area (Å²) in [6, 6.07) is 8.76. The molecule has 1 aromatic carbocycles. The smallest absolute Gasteiger partial charge is 0.0558 e. The Bertz CT molecular complexity index is 407. The van der Waals surface area contributed by atoms with Gasteiger partial charge in [0, 0.05) is 44.8 Å². The van der Waals surface area contributed by atoms with Crippen molar-refractivity contribution in [2.45, 2.75) is 5.92 Å². The molecule has 0 amide bonds. The van der Waals surface area contributed by atoms with E-state index in [0.29, 0.717) is 5.92 Å². The zero-order chi connectivity index (χ0) is 11.8. The number of fused-ring (bicyclic) bond motifs is 3. The molecular weight excluding hydrogens is 212 g/mol. The van der Waals surface area contributed by atoms with E-state index in [4.69, 9.17) is 5.11 Å². The number of aliphatic hydroxyl groups is 1. The molecule has 1 fully saturated rings. The Morgan fingerprint density at radius 3 is 2.88 bits per heavy atom. The van der Waals surface area contributed by atoms with E-state index in [2.05, 4.69) is 41.1 Å². The monoisotopic (exact) mass is 232 g/mol. The molecule has 2 aliphatic rings. The van der Waals surface area contributed by atoms with Crippen LogP contribution >= 0.6 is 0 Å². The topological polar surface area (TPSA) is 26.7 Å². The average Bonchev–Trinajstić information content (AvgIpc) is 2.73. The molecule has 0 aromatic heterocycles. The molecule has 0 aliphatic carbocycles. The molecule has 3 nitrogen and oxygen atoms in total. The Hall–Kier alpha value is -1.06. The molecule has 0 radical (unpaired) electrons. The van der Waals surface area contributed by atoms with Gasteiger partial charge in [-0.1, -0.05) is 18.2 Å². The van der Waals surface area contributed by atoms with Crippen molar-refractivity contribution in [1.82, 2.24) is 4.90 Å². The van der Waals surface area contributed by atoms with E-state index < -0.39 is 0 Å². The number of nitrogens with zero attached hydrogens (tertiary/aromatic N) is 2. The second kappa shape index (κ2) is 4.31. The Morgan fingerprint density at radius 1 is 1.24 bits per heavy atom. The van der Waals surface area contributed by atoms with Gasteiger partial charge in [0.25, 0.3) is 0 Å². The average molecular weight is 232 g/mol. The predicted octanol–water partition coefficient (Wildman–Crippen LogP) is 1.14. The number of hydrogen-bond acceptors (Lipinski definition) is 3. The standard InChI is InChI=1S/C14H20N2O/c1-15-8-11-9-16(6-7-17)10-13(11)12-4-2-3-5-14(12)15/h2-5,11,13,17H,6-10H2,1H3/t11-,13-/m1/s1. The normalized spacial score (nSPS) is 28.0. The fourth-order valence-electron chi connectivity index (χ4n) is 3.42. The first-order chi connectivity index (χ1) is 8.29. The Kier molecular flexibility index (Phi) is 2.81. The highest BCUT2D eigenvalue weighted by Crippen LogP contribution is 2.41. The van der Waals surface area contributed by atoms with Gasteiger partial charge in [0.15, 0.2) is 0 Å². The number of likely N-dealkylation sites (tertiary alicyclic amines) is 1. The summed E-state index contributed by atoms with van der Waals surface area (Å²) in [7, 11) is 2.18. The summed E-state index contributed by atoms with van der Waals surface area (Å²) in [5.41, 5.74) is 2.88. The highest BCUT2D eigenvalue weighted by atomic mass is 16.3. The number of para-hydroxylation sites is 1. The second-order valence-electron chi connectivity index (χ2n) is 5.29. The summed E-state index contributed by atoms with van der Waals surface area (Å²) >= 11 is 0. The first-order valence-electron chi connectivity index (χ1n) is 6.43. The van der Waals surface area contributed by atoms with Crippen LogP contribution in [0, 0.1) is 5.92 Å². The highest BCUT2D eigenvalue weighted by molar-refractivity contribution is 5.57. The van der Waals surface area contributed by atoms with Gasteiger partial charge in [-0.15, -0.1) is 0 Å². The van der Waals surface area contributed by atoms with Crippen LogP contribution in [0.4, 0.5) is 5.69 Å². The van der Waals surface area contributed by atoms with Crippen LogP contribution in [0.2, 0.25) is 0 Å². The molecule has 1 aromatic rings. The zero-order valence-corrected chi connectivity index (χ0v) is 10.3. The number of anilines is 1. The minimum atomic E-state index is 0.275. The maximum atomic E-state index is 9.06. The Labute approximate surface area is 103 Å². The summed E-state index contributed by atoms with van der Waals surface area (Å²) in [6.07, 6.45) is 0. The third-order valence-corrected chi connectivity index (χ3v) is 4.19. The van der Waals surface area contributed by atoms with Gasteiger partial charge >= 0.3 is 0 Å². The molecule has 0 spiro atoms. The molecule has 1 N–H and O–H groups in total. The van der Waals surface area contributed by atoms with Gasteiger partial charge in [0.2, 0.25) is 0 Å². The van der Waals surface area contributed by atoms with Crippen molar-refractivity contribution in [2.24, 2.45) is 5.92 Å². The summed E-state index contributed by atoms with van der Waals surface area (Å²) in [5.74, 6) is 1.38. The molecule has 2 atom stereocenters. The first kappa shape index (κ1) is 11.1. The fourth-order valence-corrected chi connectivity index (χ4v) is 3.42. The van der Waals surface area contributed by atoms with Crippen LogP contribution in [0.1, 0.15) is 11.5 Å². The molecule has 17 heavy (non-hydrogen) atoms. The van der Waals surface area contributed by atoms with Crippen LogP contribution < -0.4 is 4.90 Å². The zero-order valence-electron chi connectivity index (χ0n) is 10.3. The molecule has 1 saturated heterocycles. The van der Waals surface area contributed by atoms with E-state index in [1.807, 2.05) is 0 Å². The molecule has 0 saturated carbocycles. The van der Waals surface area contributed by atoms with E-state index in [-0.39, 0.29) is 6.61 Å². The summed E-state index contributed by atoms with van der Waals surface area (Å²) < 4.78 is 0. The van der Waals surface area contributed by atoms with Gasteiger partial charge < -0.3 is 14.9 Å². The molecule has 2 aliphatic heterocycles. The first-order valence-corrected chi connectivity index (χ1v) is 6.43. The lowest BCUT2D eigenvalue weighted by Gasteiger charge is -2.35. The lowest BCUT2D eigenvalue weighted by molar-refractivity contribution is 0.217. The van der Waals surface area contributed by atoms with Crippen molar-refractivity contribution >= 4 is 5.69 Å². The third-order valence-electron chi connectivity index (χ3n) is 4.19. The van der Waals surface area contributed by atoms with Crippen LogP contribution in [-0.4, -0.2) is 49.8 Å². The van der Waals surface area contributed by atoms with Crippen LogP contribution in [-0.2, 0) is 0 Å². The maximum Gasteiger partial charge on any atom is 0.0558 e. The van der Waals surface area contributed by atoms with E-state index >= 15 is 0 Å². The molecule has 0 bridgehead atoms. The number of rotatable bonds is 2. The summed E-state index contributed by atoms with van der Waals surface area (Å²) in [5, 5.41) is 9.06. The van der Waals surface area contributed by atoms with Crippen LogP contribution in [0.25, 0.3) is 0 Å². The van der Waals surface area contributed by atoms with E-state index in [1.54, 1.807) is 0 Å². The minimum Gasteiger partial charge on any atom is -0.395 e. The Balaban J connectivity index is 1.89. The quantitative estimate of drug-likeness (QED) is 0.828. The van der Waals surface area contributed by atoms with E-state index in [9.17, 15) is 0 Å². The van der Waals surface area contributed by atoms with E-state index in [1.165, 1.54) is 11.3 Å². The lowest BCUT2D eigenvalue weighted by Crippen LogP contribution is -2.34. The van der Waals surface area contributed by atoms with Crippen LogP contribution in [0.5, 0.6) is 0 Å². The summed E-state index contributed by atoms with van der Waals surface area (Å²) in [4.78, 5) is 4.77. The van der Waals surface area contributed by atoms with Gasteiger partial charge in [-0.2, -0.15) is 0 Å². The van der Waals surface area contributed by atoms with Crippen molar-refractivity contribution in [3.63, 3.8) is 0 Å². The lowest BCUT2D eigenvalue weighted by atomic mass is 9.84. The second-order valence-corrected chi connectivity index (χ2v) is 5.29. The largest absolute Gasteiger partial charge is 0.395 e. The number of benzene rings is 1. The fraction of sp³-hybridized carbons (Fsp3) is 0.571. The highest BCUT2D eigenvalue weighted by Gasteiger charge is 2.38. The molecule has 2 heterocycles. The van der Waals surface area contributed by atoms with Crippen molar-refractivity contribution in [2.75, 3.05) is 44.7 Å². The van der Waals surface area contributed by atoms with Gasteiger partial charge in [0.1, 0.15) is 0 Å². The molecule has 92 valence electrons. The van der Waals surface area contributed by atoms with Crippen molar-refractivity contribution < 1.29 is 5.11 Å². The Morgan fingerprint density at radius 2 is 2.06 bits per heavy atom. The molecular formula is C14H20N2O. The van der Waals surface area contributed by atoms with Crippen molar-refractivity contribution in [3.05, 3.63) is 29.8 Å². The summed E-state index contributed by atoms with van der Waals surface area (Å²) in [6.45, 7) is 4.47. The predicted molar refractivity (Wildman–Crippen MR) is 69.5 cm³/mol. The molecule has 3 rings (SSSR count). The number of aliphatic hydroxyl groups excluding tert-OH is 1. The van der Waals surface area contributed by atoms with Crippen LogP contribution in [0.15, 0.2) is 24.3 Å². The van der Waals surface area contributed by atoms with Crippen molar-refractivity contribution in [3.8, 4) is 0 Å². The van der Waals surface area contributed by atoms with Gasteiger partial charge in [-0.25, -0.2) is 0 Å². The van der Waals surface area contributed by atoms with Crippen molar-refractivity contribution in [1.29, 1.82) is 0 Å². The maximum absolute atomic E-state index is 9.06. The molecule has 3 heteroatoms. The van der Waals surface area contributed by atoms with Crippen LogP contribution in [0.3, 0.4) is 0 Å². The SMILES string of the molecule is CN1C[C@@H]2CN(CCO)C[C@H]2c2ccccc21. The van der Waals surface area contributed by atoms with Gasteiger partial charge in [-0.05, 0) is 17.5 Å². The van der Waals surface area contributed by atoms with Gasteiger partial charge in [-0.3, -0.25) is 0 Å². The third kappa shape index (κ3) is 1.83. The minimum absolute atomic E-state index is 0.275. The number of hydrogen-bond donors (Lipinski definition) is 1. The van der Waals surface area contributed by atoms with Gasteiger partial charge in [0.05, 0.1) is 6.61 Å². The van der Waals surface area contributed by atoms with E-state index in [0.717, 1.165) is 32.1 Å².